The van der Waals surface area contributed by atoms with E-state index in [1.54, 1.807) is 0 Å². The van der Waals surface area contributed by atoms with E-state index < -0.39 is 6.04 Å². The highest BCUT2D eigenvalue weighted by molar-refractivity contribution is 5.81. The Morgan fingerprint density at radius 1 is 1.38 bits per heavy atom. The van der Waals surface area contributed by atoms with Crippen LogP contribution in [0.25, 0.3) is 0 Å². The third-order valence-electron chi connectivity index (χ3n) is 3.24. The van der Waals surface area contributed by atoms with E-state index in [9.17, 15) is 4.79 Å². The maximum Gasteiger partial charge on any atom is 0.237 e. The van der Waals surface area contributed by atoms with E-state index >= 15 is 0 Å². The predicted molar refractivity (Wildman–Crippen MR) is 65.9 cm³/mol. The van der Waals surface area contributed by atoms with Crippen molar-refractivity contribution < 1.29 is 9.90 Å². The average molecular weight is 230 g/mol. The molecule has 0 heterocycles. The van der Waals surface area contributed by atoms with Gasteiger partial charge >= 0.3 is 0 Å². The van der Waals surface area contributed by atoms with Crippen molar-refractivity contribution in [2.45, 2.75) is 46.1 Å². The van der Waals surface area contributed by atoms with Crippen molar-refractivity contribution in [1.82, 2.24) is 5.32 Å². The Morgan fingerprint density at radius 3 is 2.44 bits per heavy atom. The van der Waals surface area contributed by atoms with Crippen LogP contribution in [-0.2, 0) is 4.79 Å². The smallest absolute Gasteiger partial charge is 0.237 e. The number of rotatable bonds is 8. The maximum atomic E-state index is 11.7. The molecule has 1 amide bonds. The molecule has 0 saturated carbocycles. The molecule has 0 radical (unpaired) electrons. The molecule has 0 aromatic rings. The summed E-state index contributed by atoms with van der Waals surface area (Å²) in [5, 5.41) is 11.7. The number of nitrogens with one attached hydrogen (secondary N) is 1. The molecule has 4 heteroatoms. The summed E-state index contributed by atoms with van der Waals surface area (Å²) in [5.41, 5.74) is 5.81. The minimum Gasteiger partial charge on any atom is -0.396 e. The lowest BCUT2D eigenvalue weighted by molar-refractivity contribution is -0.123. The second-order valence-electron chi connectivity index (χ2n) is 4.44. The Labute approximate surface area is 98.6 Å². The lowest BCUT2D eigenvalue weighted by Gasteiger charge is -2.20. The maximum absolute atomic E-state index is 11.7. The van der Waals surface area contributed by atoms with Gasteiger partial charge in [-0.05, 0) is 18.3 Å². The molecule has 0 aliphatic rings. The van der Waals surface area contributed by atoms with Gasteiger partial charge in [0.15, 0.2) is 0 Å². The number of hydrogen-bond donors (Lipinski definition) is 3. The van der Waals surface area contributed by atoms with Crippen LogP contribution in [-0.4, -0.2) is 30.2 Å². The topological polar surface area (TPSA) is 75.3 Å². The van der Waals surface area contributed by atoms with Gasteiger partial charge in [-0.25, -0.2) is 0 Å². The standard InChI is InChI=1S/C12H26N2O2/c1-4-9(3)11(13)12(16)14-8-10(5-2)6-7-15/h9-11,15H,4-8,13H2,1-3H3,(H,14,16)/t9?,10?,11-/m0/s1. The van der Waals surface area contributed by atoms with Crippen LogP contribution < -0.4 is 11.1 Å². The SMILES string of the molecule is CCC(CCO)CNC(=O)[C@@H](N)C(C)CC. The van der Waals surface area contributed by atoms with Gasteiger partial charge in [-0.15, -0.1) is 0 Å². The Kier molecular flexibility index (Phi) is 8.21. The first-order chi connectivity index (χ1) is 7.56. The van der Waals surface area contributed by atoms with Crippen molar-refractivity contribution in [2.75, 3.05) is 13.2 Å². The summed E-state index contributed by atoms with van der Waals surface area (Å²) < 4.78 is 0. The second kappa shape index (κ2) is 8.53. The molecule has 4 N–H and O–H groups in total. The first-order valence-corrected chi connectivity index (χ1v) is 6.20. The number of aliphatic hydroxyl groups is 1. The molecule has 0 aliphatic heterocycles. The normalized spacial score (nSPS) is 16.6. The highest BCUT2D eigenvalue weighted by atomic mass is 16.3. The van der Waals surface area contributed by atoms with Crippen LogP contribution in [0, 0.1) is 11.8 Å². The molecule has 0 aliphatic carbocycles. The Hall–Kier alpha value is -0.610. The third kappa shape index (κ3) is 5.47. The van der Waals surface area contributed by atoms with Gasteiger partial charge in [0.25, 0.3) is 0 Å². The van der Waals surface area contributed by atoms with Gasteiger partial charge in [0.2, 0.25) is 5.91 Å². The van der Waals surface area contributed by atoms with E-state index in [4.69, 9.17) is 10.8 Å². The fourth-order valence-electron chi connectivity index (χ4n) is 1.51. The summed E-state index contributed by atoms with van der Waals surface area (Å²) >= 11 is 0. The van der Waals surface area contributed by atoms with E-state index in [1.807, 2.05) is 13.8 Å². The summed E-state index contributed by atoms with van der Waals surface area (Å²) in [6, 6.07) is -0.420. The number of amides is 1. The molecule has 0 aromatic carbocycles. The van der Waals surface area contributed by atoms with E-state index in [0.717, 1.165) is 19.3 Å². The molecule has 0 spiro atoms. The molecule has 16 heavy (non-hydrogen) atoms. The van der Waals surface area contributed by atoms with E-state index in [2.05, 4.69) is 12.2 Å². The van der Waals surface area contributed by atoms with Crippen molar-refractivity contribution in [3.63, 3.8) is 0 Å². The van der Waals surface area contributed by atoms with Crippen LogP contribution in [0.2, 0.25) is 0 Å². The lowest BCUT2D eigenvalue weighted by Crippen LogP contribution is -2.45. The molecular formula is C12H26N2O2. The highest BCUT2D eigenvalue weighted by Gasteiger charge is 2.19. The van der Waals surface area contributed by atoms with E-state index in [-0.39, 0.29) is 18.4 Å². The van der Waals surface area contributed by atoms with Gasteiger partial charge in [0.05, 0.1) is 6.04 Å². The number of carbonyl (C=O) groups is 1. The molecule has 4 nitrogen and oxygen atoms in total. The van der Waals surface area contributed by atoms with Crippen LogP contribution in [0.5, 0.6) is 0 Å². The Bertz CT molecular complexity index is 197. The molecular weight excluding hydrogens is 204 g/mol. The fourth-order valence-corrected chi connectivity index (χ4v) is 1.51. The summed E-state index contributed by atoms with van der Waals surface area (Å²) in [6.07, 6.45) is 2.59. The van der Waals surface area contributed by atoms with Gasteiger partial charge in [0.1, 0.15) is 0 Å². The molecule has 3 atom stereocenters. The van der Waals surface area contributed by atoms with Crippen LogP contribution in [0.3, 0.4) is 0 Å². The van der Waals surface area contributed by atoms with Gasteiger partial charge in [-0.2, -0.15) is 0 Å². The van der Waals surface area contributed by atoms with Crippen LogP contribution >= 0.6 is 0 Å². The monoisotopic (exact) mass is 230 g/mol. The van der Waals surface area contributed by atoms with Crippen LogP contribution in [0.15, 0.2) is 0 Å². The zero-order chi connectivity index (χ0) is 12.6. The van der Waals surface area contributed by atoms with Crippen molar-refractivity contribution in [1.29, 1.82) is 0 Å². The van der Waals surface area contributed by atoms with E-state index in [0.29, 0.717) is 12.5 Å². The lowest BCUT2D eigenvalue weighted by atomic mass is 9.98. The van der Waals surface area contributed by atoms with Crippen LogP contribution in [0.1, 0.15) is 40.0 Å². The Balaban J connectivity index is 3.95. The first-order valence-electron chi connectivity index (χ1n) is 6.20. The molecule has 0 bridgehead atoms. The first kappa shape index (κ1) is 15.4. The molecule has 0 fully saturated rings. The number of aliphatic hydroxyl groups excluding tert-OH is 1. The minimum atomic E-state index is -0.420. The largest absolute Gasteiger partial charge is 0.396 e. The van der Waals surface area contributed by atoms with Gasteiger partial charge in [0, 0.05) is 13.2 Å². The van der Waals surface area contributed by atoms with Crippen molar-refractivity contribution in [2.24, 2.45) is 17.6 Å². The molecule has 96 valence electrons. The number of nitrogens with two attached hydrogens (primary N) is 1. The summed E-state index contributed by atoms with van der Waals surface area (Å²) in [5.74, 6) is 0.474. The second-order valence-corrected chi connectivity index (χ2v) is 4.44. The quantitative estimate of drug-likeness (QED) is 0.579. The summed E-state index contributed by atoms with van der Waals surface area (Å²) in [4.78, 5) is 11.7. The number of hydrogen-bond acceptors (Lipinski definition) is 3. The van der Waals surface area contributed by atoms with Gasteiger partial charge in [-0.3, -0.25) is 4.79 Å². The highest BCUT2D eigenvalue weighted by Crippen LogP contribution is 2.08. The Morgan fingerprint density at radius 2 is 2.00 bits per heavy atom. The van der Waals surface area contributed by atoms with Crippen molar-refractivity contribution in [3.05, 3.63) is 0 Å². The predicted octanol–water partition coefficient (Wildman–Crippen LogP) is 0.885. The van der Waals surface area contributed by atoms with Crippen molar-refractivity contribution >= 4 is 5.91 Å². The summed E-state index contributed by atoms with van der Waals surface area (Å²) in [6.45, 7) is 6.85. The van der Waals surface area contributed by atoms with Crippen molar-refractivity contribution in [3.8, 4) is 0 Å². The van der Waals surface area contributed by atoms with E-state index in [1.165, 1.54) is 0 Å². The average Bonchev–Trinajstić information content (AvgIpc) is 2.31. The van der Waals surface area contributed by atoms with Crippen LogP contribution in [0.4, 0.5) is 0 Å². The zero-order valence-corrected chi connectivity index (χ0v) is 10.7. The third-order valence-corrected chi connectivity index (χ3v) is 3.24. The molecule has 2 unspecified atom stereocenters. The molecule has 0 rings (SSSR count). The number of carbonyl (C=O) groups excluding carboxylic acids is 1. The minimum absolute atomic E-state index is 0.0780. The molecule has 0 aromatic heterocycles. The van der Waals surface area contributed by atoms with Gasteiger partial charge in [-0.1, -0.05) is 33.6 Å². The zero-order valence-electron chi connectivity index (χ0n) is 10.7. The molecule has 0 saturated heterocycles. The van der Waals surface area contributed by atoms with Gasteiger partial charge < -0.3 is 16.2 Å². The fraction of sp³-hybridized carbons (Fsp3) is 0.917. The summed E-state index contributed by atoms with van der Waals surface area (Å²) in [7, 11) is 0.